The predicted octanol–water partition coefficient (Wildman–Crippen LogP) is 5.22. The number of anilines is 1. The van der Waals surface area contributed by atoms with E-state index in [1.165, 1.54) is 22.4 Å². The van der Waals surface area contributed by atoms with Crippen molar-refractivity contribution < 1.29 is 4.79 Å². The molecule has 1 heterocycles. The molecule has 33 heavy (non-hydrogen) atoms. The first kappa shape index (κ1) is 25.0. The minimum atomic E-state index is -0.390. The number of aryl methyl sites for hydroxylation is 2. The predicted molar refractivity (Wildman–Crippen MR) is 139 cm³/mol. The Morgan fingerprint density at radius 1 is 1.06 bits per heavy atom. The van der Waals surface area contributed by atoms with E-state index in [2.05, 4.69) is 93.3 Å². The molecule has 3 rings (SSSR count). The summed E-state index contributed by atoms with van der Waals surface area (Å²) in [5, 5.41) is 0. The molecular weight excluding hydrogens is 406 g/mol. The monoisotopic (exact) mass is 447 g/mol. The van der Waals surface area contributed by atoms with E-state index in [1.54, 1.807) is 0 Å². The average molecular weight is 448 g/mol. The van der Waals surface area contributed by atoms with E-state index in [4.69, 9.17) is 5.73 Å². The van der Waals surface area contributed by atoms with Gasteiger partial charge in [-0.2, -0.15) is 0 Å². The Kier molecular flexibility index (Phi) is 9.13. The highest BCUT2D eigenvalue weighted by atomic mass is 16.2. The molecule has 1 aliphatic rings. The van der Waals surface area contributed by atoms with Gasteiger partial charge in [0.15, 0.2) is 0 Å². The normalized spacial score (nSPS) is 16.7. The molecule has 1 aliphatic heterocycles. The van der Waals surface area contributed by atoms with Crippen molar-refractivity contribution in [1.82, 2.24) is 4.90 Å². The lowest BCUT2D eigenvalue weighted by Crippen LogP contribution is -2.45. The maximum Gasteiger partial charge on any atom is 0.239 e. The molecule has 2 aromatic carbocycles. The molecule has 2 N–H and O–H groups in total. The van der Waals surface area contributed by atoms with Crippen molar-refractivity contribution in [3.05, 3.63) is 77.4 Å². The third-order valence-electron chi connectivity index (χ3n) is 6.47. The Labute approximate surface area is 200 Å². The zero-order valence-corrected chi connectivity index (χ0v) is 20.8. The molecule has 4 heteroatoms. The fraction of sp³-hybridized carbons (Fsp3) is 0.483. The first-order chi connectivity index (χ1) is 15.8. The molecule has 4 nitrogen and oxygen atoms in total. The van der Waals surface area contributed by atoms with Gasteiger partial charge in [0.2, 0.25) is 5.91 Å². The number of rotatable bonds is 10. The number of allylic oxidation sites excluding steroid dienone is 1. The molecule has 178 valence electrons. The van der Waals surface area contributed by atoms with Crippen molar-refractivity contribution in [2.24, 2.45) is 11.7 Å². The van der Waals surface area contributed by atoms with Crippen LogP contribution in [0.2, 0.25) is 0 Å². The second-order valence-corrected chi connectivity index (χ2v) is 10.0. The van der Waals surface area contributed by atoms with Crippen LogP contribution >= 0.6 is 0 Å². The molecule has 0 bridgehead atoms. The van der Waals surface area contributed by atoms with Gasteiger partial charge in [-0.15, -0.1) is 0 Å². The molecule has 2 atom stereocenters. The maximum absolute atomic E-state index is 12.9. The van der Waals surface area contributed by atoms with Crippen LogP contribution in [-0.4, -0.2) is 42.5 Å². The molecule has 0 aromatic heterocycles. The van der Waals surface area contributed by atoms with Crippen molar-refractivity contribution in [1.29, 1.82) is 0 Å². The van der Waals surface area contributed by atoms with E-state index in [1.807, 2.05) is 4.90 Å². The van der Waals surface area contributed by atoms with E-state index < -0.39 is 0 Å². The average Bonchev–Trinajstić information content (AvgIpc) is 3.28. The number of hydrogen-bond donors (Lipinski definition) is 1. The largest absolute Gasteiger partial charge is 0.363 e. The van der Waals surface area contributed by atoms with Crippen LogP contribution in [0.4, 0.5) is 5.69 Å². The summed E-state index contributed by atoms with van der Waals surface area (Å²) in [4.78, 5) is 17.3. The van der Waals surface area contributed by atoms with Crippen LogP contribution < -0.4 is 10.6 Å². The van der Waals surface area contributed by atoms with Crippen molar-refractivity contribution in [2.45, 2.75) is 65.5 Å². The van der Waals surface area contributed by atoms with E-state index in [-0.39, 0.29) is 11.9 Å². The number of likely N-dealkylation sites (tertiary alicyclic amines) is 1. The summed E-state index contributed by atoms with van der Waals surface area (Å²) >= 11 is 0. The van der Waals surface area contributed by atoms with Gasteiger partial charge >= 0.3 is 0 Å². The summed E-state index contributed by atoms with van der Waals surface area (Å²) in [5.74, 6) is 0.529. The van der Waals surface area contributed by atoms with E-state index in [0.29, 0.717) is 12.0 Å². The van der Waals surface area contributed by atoms with Crippen LogP contribution in [0.15, 0.2) is 66.2 Å². The Balaban J connectivity index is 1.67. The van der Waals surface area contributed by atoms with E-state index in [9.17, 15) is 4.79 Å². The number of carbonyl (C=O) groups is 1. The first-order valence-electron chi connectivity index (χ1n) is 12.4. The maximum atomic E-state index is 12.9. The minimum Gasteiger partial charge on any atom is -0.363 e. The van der Waals surface area contributed by atoms with Gasteiger partial charge in [-0.1, -0.05) is 68.0 Å². The smallest absolute Gasteiger partial charge is 0.239 e. The number of hydrogen-bond acceptors (Lipinski definition) is 3. The Bertz CT molecular complexity index is 900. The van der Waals surface area contributed by atoms with E-state index in [0.717, 1.165) is 45.3 Å². The van der Waals surface area contributed by atoms with Gasteiger partial charge < -0.3 is 15.5 Å². The van der Waals surface area contributed by atoms with Crippen molar-refractivity contribution >= 4 is 11.6 Å². The van der Waals surface area contributed by atoms with Crippen LogP contribution in [0.3, 0.4) is 0 Å². The van der Waals surface area contributed by atoms with Crippen molar-refractivity contribution in [2.75, 3.05) is 24.5 Å². The van der Waals surface area contributed by atoms with Gasteiger partial charge in [0.25, 0.3) is 0 Å². The highest BCUT2D eigenvalue weighted by Gasteiger charge is 2.32. The SMILES string of the molecule is CC(C)=CCN(c1ccc(CCc2ccccc2)cc1)C1CCN(C(=O)C(N)CC(C)C)C1. The summed E-state index contributed by atoms with van der Waals surface area (Å²) in [6.07, 6.45) is 6.09. The second-order valence-electron chi connectivity index (χ2n) is 10.0. The molecule has 0 aliphatic carbocycles. The molecule has 1 fully saturated rings. The number of nitrogens with zero attached hydrogens (tertiary/aromatic N) is 2. The van der Waals surface area contributed by atoms with Gasteiger partial charge in [0.05, 0.1) is 6.04 Å². The van der Waals surface area contributed by atoms with Gasteiger partial charge in [-0.3, -0.25) is 4.79 Å². The molecular formula is C29H41N3O. The number of benzene rings is 2. The topological polar surface area (TPSA) is 49.6 Å². The highest BCUT2D eigenvalue weighted by molar-refractivity contribution is 5.82. The number of carbonyl (C=O) groups excluding carboxylic acids is 1. The summed E-state index contributed by atoms with van der Waals surface area (Å²) in [6, 6.07) is 19.6. The Morgan fingerprint density at radius 3 is 2.30 bits per heavy atom. The highest BCUT2D eigenvalue weighted by Crippen LogP contribution is 2.25. The van der Waals surface area contributed by atoms with E-state index >= 15 is 0 Å². The molecule has 0 radical (unpaired) electrons. The Morgan fingerprint density at radius 2 is 1.70 bits per heavy atom. The van der Waals surface area contributed by atoms with Crippen LogP contribution in [0.1, 0.15) is 51.7 Å². The molecule has 1 amide bonds. The standard InChI is InChI=1S/C29H41N3O/c1-22(2)16-19-32(27-17-18-31(21-27)29(33)28(30)20-23(3)4)26-14-12-25(13-15-26)11-10-24-8-6-5-7-9-24/h5-9,12-16,23,27-28H,10-11,17-21,30H2,1-4H3. The number of nitrogens with two attached hydrogens (primary N) is 1. The first-order valence-corrected chi connectivity index (χ1v) is 12.4. The lowest BCUT2D eigenvalue weighted by molar-refractivity contribution is -0.131. The van der Waals surface area contributed by atoms with Crippen LogP contribution in [0.5, 0.6) is 0 Å². The molecule has 0 saturated carbocycles. The fourth-order valence-corrected chi connectivity index (χ4v) is 4.57. The fourth-order valence-electron chi connectivity index (χ4n) is 4.57. The van der Waals surface area contributed by atoms with Crippen molar-refractivity contribution in [3.63, 3.8) is 0 Å². The van der Waals surface area contributed by atoms with Crippen LogP contribution in [0.25, 0.3) is 0 Å². The summed E-state index contributed by atoms with van der Waals surface area (Å²) in [5.41, 5.74) is 11.5. The van der Waals surface area contributed by atoms with Crippen LogP contribution in [-0.2, 0) is 17.6 Å². The zero-order valence-electron chi connectivity index (χ0n) is 20.8. The molecule has 1 saturated heterocycles. The number of amides is 1. The summed E-state index contributed by atoms with van der Waals surface area (Å²) in [7, 11) is 0. The summed E-state index contributed by atoms with van der Waals surface area (Å²) < 4.78 is 0. The Hall–Kier alpha value is -2.59. The zero-order chi connectivity index (χ0) is 23.8. The quantitative estimate of drug-likeness (QED) is 0.508. The van der Waals surface area contributed by atoms with Crippen molar-refractivity contribution in [3.8, 4) is 0 Å². The lowest BCUT2D eigenvalue weighted by atomic mass is 10.0. The molecule has 2 aromatic rings. The molecule has 2 unspecified atom stereocenters. The minimum absolute atomic E-state index is 0.102. The third kappa shape index (κ3) is 7.46. The van der Waals surface area contributed by atoms with Gasteiger partial charge in [0.1, 0.15) is 0 Å². The van der Waals surface area contributed by atoms with Gasteiger partial charge in [-0.25, -0.2) is 0 Å². The summed E-state index contributed by atoms with van der Waals surface area (Å²) in [6.45, 7) is 10.9. The van der Waals surface area contributed by atoms with Crippen LogP contribution in [0, 0.1) is 5.92 Å². The third-order valence-corrected chi connectivity index (χ3v) is 6.47. The second kappa shape index (κ2) is 12.0. The molecule has 0 spiro atoms. The lowest BCUT2D eigenvalue weighted by Gasteiger charge is -2.31. The van der Waals surface area contributed by atoms with Gasteiger partial charge in [0, 0.05) is 31.4 Å². The van der Waals surface area contributed by atoms with Gasteiger partial charge in [-0.05, 0) is 68.7 Å².